The van der Waals surface area contributed by atoms with Crippen molar-refractivity contribution in [2.45, 2.75) is 85.2 Å². The van der Waals surface area contributed by atoms with Crippen molar-refractivity contribution >= 4 is 46.5 Å². The predicted molar refractivity (Wildman–Crippen MR) is 194 cm³/mol. The average Bonchev–Trinajstić information content (AvgIpc) is 2.96. The lowest BCUT2D eigenvalue weighted by molar-refractivity contribution is 0.118. The Kier molecular flexibility index (Phi) is 16.7. The number of nitrogens with zero attached hydrogens (tertiary/aromatic N) is 4. The predicted octanol–water partition coefficient (Wildman–Crippen LogP) is 8.49. The van der Waals surface area contributed by atoms with Gasteiger partial charge < -0.3 is 22.8 Å². The summed E-state index contributed by atoms with van der Waals surface area (Å²) in [4.78, 5) is 0. The van der Waals surface area contributed by atoms with Gasteiger partial charge in [-0.15, -0.1) is 5.10 Å². The summed E-state index contributed by atoms with van der Waals surface area (Å²) in [6.07, 6.45) is 1.44. The Morgan fingerprint density at radius 3 is 1.47 bits per heavy atom. The second-order valence-electron chi connectivity index (χ2n) is 11.7. The van der Waals surface area contributed by atoms with Crippen molar-refractivity contribution in [3.63, 3.8) is 0 Å². The molecule has 262 valence electrons. The number of methoxy groups -OCH3 is 1. The SMILES string of the molecule is COc1ccc(/C=N/N(C)[P+](=S)Oc2ccc(/C=N/N(C)CC(P(=O)(OC(C)C)OC(C)C)P(=O)(OC(C)C)OC(C)C)cc2)cc1. The maximum absolute atomic E-state index is 14.4. The van der Waals surface area contributed by atoms with Gasteiger partial charge in [0.15, 0.2) is 11.1 Å². The van der Waals surface area contributed by atoms with Crippen LogP contribution in [0.1, 0.15) is 66.5 Å². The second kappa shape index (κ2) is 19.1. The van der Waals surface area contributed by atoms with Crippen LogP contribution in [-0.4, -0.2) is 79.8 Å². The molecule has 0 heterocycles. The number of ether oxygens (including phenoxy) is 1. The van der Waals surface area contributed by atoms with Crippen molar-refractivity contribution in [2.24, 2.45) is 10.2 Å². The molecule has 0 aliphatic heterocycles. The van der Waals surface area contributed by atoms with Gasteiger partial charge in [-0.3, -0.25) is 18.7 Å². The summed E-state index contributed by atoms with van der Waals surface area (Å²) in [7, 11) is -4.50. The molecule has 0 aliphatic carbocycles. The first-order chi connectivity index (χ1) is 22.0. The summed E-state index contributed by atoms with van der Waals surface area (Å²) in [6, 6.07) is 14.7. The van der Waals surface area contributed by atoms with E-state index in [0.29, 0.717) is 5.75 Å². The van der Waals surface area contributed by atoms with Gasteiger partial charge >= 0.3 is 22.3 Å². The number of hydrogen-bond donors (Lipinski definition) is 0. The van der Waals surface area contributed by atoms with Gasteiger partial charge in [0.05, 0.1) is 57.5 Å². The van der Waals surface area contributed by atoms with Gasteiger partial charge in [0.1, 0.15) is 5.75 Å². The molecule has 1 atom stereocenters. The quantitative estimate of drug-likeness (QED) is 0.0741. The molecule has 0 saturated carbocycles. The van der Waals surface area contributed by atoms with Gasteiger partial charge in [0, 0.05) is 7.05 Å². The van der Waals surface area contributed by atoms with Gasteiger partial charge in [-0.05, 0) is 115 Å². The van der Waals surface area contributed by atoms with E-state index in [0.717, 1.165) is 16.9 Å². The van der Waals surface area contributed by atoms with Crippen LogP contribution in [0.15, 0.2) is 58.7 Å². The van der Waals surface area contributed by atoms with Crippen LogP contribution in [0.4, 0.5) is 0 Å². The minimum atomic E-state index is -4.05. The average molecular weight is 732 g/mol. The molecule has 16 heteroatoms. The van der Waals surface area contributed by atoms with Crippen LogP contribution < -0.4 is 9.26 Å². The fourth-order valence-electron chi connectivity index (χ4n) is 3.97. The molecule has 0 amide bonds. The normalized spacial score (nSPS) is 13.1. The van der Waals surface area contributed by atoms with Crippen LogP contribution in [-0.2, 0) is 39.0 Å². The fraction of sp³-hybridized carbons (Fsp3) is 0.548. The van der Waals surface area contributed by atoms with Crippen LogP contribution in [0.5, 0.6) is 11.5 Å². The highest BCUT2D eigenvalue weighted by Crippen LogP contribution is 2.72. The molecular formula is C31H50N4O8P3S+. The van der Waals surface area contributed by atoms with E-state index in [9.17, 15) is 9.13 Å². The lowest BCUT2D eigenvalue weighted by Gasteiger charge is -2.36. The summed E-state index contributed by atoms with van der Waals surface area (Å²) in [5.41, 5.74) is 1.67. The van der Waals surface area contributed by atoms with Crippen molar-refractivity contribution in [3.05, 3.63) is 59.7 Å². The highest BCUT2D eigenvalue weighted by Gasteiger charge is 2.53. The first-order valence-electron chi connectivity index (χ1n) is 15.3. The van der Waals surface area contributed by atoms with E-state index in [2.05, 4.69) is 10.2 Å². The maximum Gasteiger partial charge on any atom is 0.540 e. The maximum atomic E-state index is 14.4. The van der Waals surface area contributed by atoms with Crippen molar-refractivity contribution in [2.75, 3.05) is 27.7 Å². The third-order valence-corrected chi connectivity index (χ3v) is 14.0. The molecule has 12 nitrogen and oxygen atoms in total. The van der Waals surface area contributed by atoms with Gasteiger partial charge in [-0.25, -0.2) is 0 Å². The Morgan fingerprint density at radius 2 is 1.09 bits per heavy atom. The Labute approximate surface area is 286 Å². The van der Waals surface area contributed by atoms with Gasteiger partial charge in [0.2, 0.25) is 11.8 Å². The molecule has 2 rings (SSSR count). The molecule has 0 spiro atoms. The summed E-state index contributed by atoms with van der Waals surface area (Å²) in [6.45, 7) is 13.8. The van der Waals surface area contributed by atoms with Crippen molar-refractivity contribution in [1.29, 1.82) is 0 Å². The Balaban J connectivity index is 2.20. The number of hydrogen-bond acceptors (Lipinski definition) is 12. The standard InChI is InChI=1S/C31H50N4O8P3S/c1-23(2)40-45(36,41-24(3)4)31(46(37,42-25(5)6)43-26(7)8)22-34(9)32-20-27-14-18-30(19-15-27)39-44(47)35(10)33-21-28-12-16-29(38-11)17-13-28/h12-21,23-26,31H,22H2,1-11H3/q+1/b32-20+,33-21+. The van der Waals surface area contributed by atoms with Gasteiger partial charge in [-0.2, -0.15) is 5.10 Å². The molecule has 0 aromatic heterocycles. The molecule has 47 heavy (non-hydrogen) atoms. The van der Waals surface area contributed by atoms with Crippen molar-refractivity contribution < 1.29 is 36.5 Å². The zero-order valence-corrected chi connectivity index (χ0v) is 32.7. The summed E-state index contributed by atoms with van der Waals surface area (Å²) >= 11 is 5.53. The summed E-state index contributed by atoms with van der Waals surface area (Å²) in [5, 5.41) is 9.17. The molecule has 0 saturated heterocycles. The third kappa shape index (κ3) is 14.1. The zero-order chi connectivity index (χ0) is 35.4. The lowest BCUT2D eigenvalue weighted by atomic mass is 10.2. The van der Waals surface area contributed by atoms with E-state index in [4.69, 9.17) is 39.2 Å². The smallest absolute Gasteiger partial charge is 0.497 e. The van der Waals surface area contributed by atoms with Crippen LogP contribution in [0, 0.1) is 0 Å². The monoisotopic (exact) mass is 731 g/mol. The Bertz CT molecular complexity index is 1360. The topological polar surface area (TPSA) is 121 Å². The highest BCUT2D eigenvalue weighted by molar-refractivity contribution is 8.02. The van der Waals surface area contributed by atoms with E-state index in [1.807, 2.05) is 36.4 Å². The Morgan fingerprint density at radius 1 is 0.702 bits per heavy atom. The molecular weight excluding hydrogens is 681 g/mol. The molecule has 0 radical (unpaired) electrons. The number of hydrazone groups is 2. The van der Waals surface area contributed by atoms with E-state index < -0.39 is 52.1 Å². The van der Waals surface area contributed by atoms with E-state index in [1.165, 1.54) is 5.01 Å². The first-order valence-corrected chi connectivity index (χ1v) is 20.8. The van der Waals surface area contributed by atoms with Crippen LogP contribution in [0.25, 0.3) is 0 Å². The minimum absolute atomic E-state index is 0.0885. The minimum Gasteiger partial charge on any atom is -0.497 e. The fourth-order valence-corrected chi connectivity index (χ4v) is 10.8. The largest absolute Gasteiger partial charge is 0.540 e. The molecule has 2 aromatic carbocycles. The summed E-state index contributed by atoms with van der Waals surface area (Å²) < 4.78 is 65.0. The molecule has 0 aliphatic rings. The van der Waals surface area contributed by atoms with Gasteiger partial charge in [-0.1, -0.05) is 4.78 Å². The summed E-state index contributed by atoms with van der Waals surface area (Å²) in [5.74, 6) is 1.35. The Hall–Kier alpha value is -2.20. The van der Waals surface area contributed by atoms with E-state index in [-0.39, 0.29) is 6.54 Å². The lowest BCUT2D eigenvalue weighted by Crippen LogP contribution is -2.31. The molecule has 0 bridgehead atoms. The van der Waals surface area contributed by atoms with Crippen LogP contribution in [0.3, 0.4) is 0 Å². The number of benzene rings is 2. The highest BCUT2D eigenvalue weighted by atomic mass is 32.4. The second-order valence-corrected chi connectivity index (χ2v) is 18.5. The van der Waals surface area contributed by atoms with Gasteiger partial charge in [0.25, 0.3) is 0 Å². The first kappa shape index (κ1) is 41.0. The van der Waals surface area contributed by atoms with Crippen molar-refractivity contribution in [1.82, 2.24) is 9.79 Å². The molecule has 0 N–H and O–H groups in total. The van der Waals surface area contributed by atoms with Crippen molar-refractivity contribution in [3.8, 4) is 11.5 Å². The van der Waals surface area contributed by atoms with E-state index >= 15 is 0 Å². The van der Waals surface area contributed by atoms with E-state index in [1.54, 1.807) is 106 Å². The zero-order valence-electron chi connectivity index (χ0n) is 29.2. The number of rotatable bonds is 20. The molecule has 0 fully saturated rings. The molecule has 1 unspecified atom stereocenters. The molecule has 2 aromatic rings. The van der Waals surface area contributed by atoms with Crippen LogP contribution >= 0.6 is 22.3 Å². The van der Waals surface area contributed by atoms with Crippen LogP contribution in [0.2, 0.25) is 0 Å². The third-order valence-electron chi connectivity index (χ3n) is 5.78.